The number of pyridine rings is 1. The molecule has 0 radical (unpaired) electrons. The van der Waals surface area contributed by atoms with E-state index in [1.54, 1.807) is 24.0 Å². The van der Waals surface area contributed by atoms with Crippen molar-refractivity contribution in [1.82, 2.24) is 24.5 Å². The molecule has 0 unspecified atom stereocenters. The number of fused-ring (bicyclic) bond motifs is 1. The predicted octanol–water partition coefficient (Wildman–Crippen LogP) is 2.49. The van der Waals surface area contributed by atoms with Crippen LogP contribution >= 0.6 is 0 Å². The molecule has 27 heavy (non-hydrogen) atoms. The topological polar surface area (TPSA) is 101 Å². The summed E-state index contributed by atoms with van der Waals surface area (Å²) in [5.41, 5.74) is 2.93. The van der Waals surface area contributed by atoms with Crippen molar-refractivity contribution in [2.45, 2.75) is 0 Å². The summed E-state index contributed by atoms with van der Waals surface area (Å²) < 4.78 is 3.14. The highest BCUT2D eigenvalue weighted by Crippen LogP contribution is 2.25. The van der Waals surface area contributed by atoms with Crippen LogP contribution in [0.4, 0.5) is 5.82 Å². The fraction of sp³-hybridized carbons (Fsp3) is 0.105. The van der Waals surface area contributed by atoms with Crippen LogP contribution in [0.5, 0.6) is 0 Å². The number of hydrogen-bond acceptors (Lipinski definition) is 5. The van der Waals surface area contributed by atoms with Gasteiger partial charge in [0.2, 0.25) is 0 Å². The van der Waals surface area contributed by atoms with Gasteiger partial charge in [0.15, 0.2) is 0 Å². The Bertz CT molecular complexity index is 1210. The van der Waals surface area contributed by atoms with Gasteiger partial charge in [0.1, 0.15) is 17.5 Å². The average molecular weight is 357 g/mol. The molecule has 3 heterocycles. The number of aromatic nitrogens is 5. The molecule has 8 heteroatoms. The first-order valence-corrected chi connectivity index (χ1v) is 8.19. The zero-order chi connectivity index (χ0) is 19.0. The number of rotatable bonds is 3. The number of amides is 1. The second-order valence-electron chi connectivity index (χ2n) is 6.07. The number of nitrogens with one attached hydrogen (secondary N) is 1. The summed E-state index contributed by atoms with van der Waals surface area (Å²) in [4.78, 5) is 17.7. The molecular weight excluding hydrogens is 342 g/mol. The molecule has 0 atom stereocenters. The molecule has 1 amide bonds. The van der Waals surface area contributed by atoms with Gasteiger partial charge in [0.25, 0.3) is 5.91 Å². The number of carbonyl (C=O) groups excluding carboxylic acids is 1. The zero-order valence-electron chi connectivity index (χ0n) is 14.7. The van der Waals surface area contributed by atoms with Gasteiger partial charge in [0, 0.05) is 31.2 Å². The number of benzene rings is 1. The lowest BCUT2D eigenvalue weighted by Crippen LogP contribution is -2.16. The van der Waals surface area contributed by atoms with Crippen LogP contribution in [-0.4, -0.2) is 30.5 Å². The summed E-state index contributed by atoms with van der Waals surface area (Å²) in [7, 11) is 3.49. The van der Waals surface area contributed by atoms with Crippen LogP contribution in [0.15, 0.2) is 48.9 Å². The highest BCUT2D eigenvalue weighted by Gasteiger charge is 2.18. The van der Waals surface area contributed by atoms with Gasteiger partial charge in [-0.15, -0.1) is 0 Å². The van der Waals surface area contributed by atoms with Crippen LogP contribution in [0.1, 0.15) is 15.9 Å². The third-order valence-electron chi connectivity index (χ3n) is 4.25. The van der Waals surface area contributed by atoms with Crippen LogP contribution in [0.3, 0.4) is 0 Å². The molecule has 0 saturated heterocycles. The van der Waals surface area contributed by atoms with Crippen LogP contribution in [0.2, 0.25) is 0 Å². The van der Waals surface area contributed by atoms with E-state index in [2.05, 4.69) is 20.5 Å². The summed E-state index contributed by atoms with van der Waals surface area (Å²) in [5.74, 6) is 0.0187. The van der Waals surface area contributed by atoms with Gasteiger partial charge in [-0.2, -0.15) is 15.5 Å². The van der Waals surface area contributed by atoms with Gasteiger partial charge in [0.05, 0.1) is 29.2 Å². The van der Waals surface area contributed by atoms with Crippen molar-refractivity contribution in [3.8, 4) is 17.3 Å². The third kappa shape index (κ3) is 2.91. The number of carbonyl (C=O) groups is 1. The van der Waals surface area contributed by atoms with Gasteiger partial charge < -0.3 is 5.32 Å². The summed E-state index contributed by atoms with van der Waals surface area (Å²) >= 11 is 0. The molecular formula is C19H15N7O. The number of hydrogen-bond donors (Lipinski definition) is 1. The Morgan fingerprint density at radius 2 is 2.00 bits per heavy atom. The van der Waals surface area contributed by atoms with Crippen molar-refractivity contribution < 1.29 is 4.79 Å². The lowest BCUT2D eigenvalue weighted by atomic mass is 10.0. The van der Waals surface area contributed by atoms with Gasteiger partial charge in [-0.25, -0.2) is 4.98 Å². The predicted molar refractivity (Wildman–Crippen MR) is 99.8 cm³/mol. The Morgan fingerprint density at radius 3 is 2.74 bits per heavy atom. The maximum Gasteiger partial charge on any atom is 0.257 e. The van der Waals surface area contributed by atoms with Crippen LogP contribution in [0, 0.1) is 11.3 Å². The van der Waals surface area contributed by atoms with Crippen molar-refractivity contribution >= 4 is 22.6 Å². The number of nitrogens with zero attached hydrogens (tertiary/aromatic N) is 6. The van der Waals surface area contributed by atoms with Gasteiger partial charge in [-0.05, 0) is 12.1 Å². The Morgan fingerprint density at radius 1 is 1.19 bits per heavy atom. The van der Waals surface area contributed by atoms with E-state index in [0.29, 0.717) is 28.2 Å². The van der Waals surface area contributed by atoms with E-state index in [9.17, 15) is 10.1 Å². The molecule has 0 aliphatic rings. The van der Waals surface area contributed by atoms with Crippen molar-refractivity contribution in [2.24, 2.45) is 14.1 Å². The molecule has 8 nitrogen and oxygen atoms in total. The zero-order valence-corrected chi connectivity index (χ0v) is 14.7. The maximum atomic E-state index is 13.0. The minimum absolute atomic E-state index is 0.302. The monoisotopic (exact) mass is 357 g/mol. The maximum absolute atomic E-state index is 13.0. The first-order valence-electron chi connectivity index (χ1n) is 8.19. The van der Waals surface area contributed by atoms with Gasteiger partial charge in [-0.3, -0.25) is 14.2 Å². The van der Waals surface area contributed by atoms with E-state index in [1.165, 1.54) is 10.9 Å². The van der Waals surface area contributed by atoms with Crippen molar-refractivity contribution in [3.05, 3.63) is 60.0 Å². The van der Waals surface area contributed by atoms with Crippen LogP contribution in [0.25, 0.3) is 22.2 Å². The number of nitriles is 1. The second-order valence-corrected chi connectivity index (χ2v) is 6.07. The third-order valence-corrected chi connectivity index (χ3v) is 4.25. The van der Waals surface area contributed by atoms with Crippen molar-refractivity contribution in [3.63, 3.8) is 0 Å². The molecule has 0 saturated carbocycles. The van der Waals surface area contributed by atoms with Crippen molar-refractivity contribution in [2.75, 3.05) is 5.32 Å². The molecule has 0 spiro atoms. The molecule has 4 aromatic rings. The second kappa shape index (κ2) is 6.38. The minimum Gasteiger partial charge on any atom is -0.306 e. The van der Waals surface area contributed by atoms with Crippen LogP contribution in [-0.2, 0) is 14.1 Å². The number of para-hydroxylation sites is 1. The van der Waals surface area contributed by atoms with Gasteiger partial charge in [-0.1, -0.05) is 18.2 Å². The molecule has 4 rings (SSSR count). The van der Waals surface area contributed by atoms with E-state index < -0.39 is 0 Å². The SMILES string of the molecule is Cn1cc(-c2cc(C(=O)Nc3c(C#N)cnn3C)c3ccccc3n2)cn1. The summed E-state index contributed by atoms with van der Waals surface area (Å²) in [6.07, 6.45) is 4.96. The van der Waals surface area contributed by atoms with Crippen LogP contribution < -0.4 is 5.32 Å². The first-order chi connectivity index (χ1) is 13.1. The molecule has 0 bridgehead atoms. The molecule has 0 aliphatic carbocycles. The van der Waals surface area contributed by atoms with Gasteiger partial charge >= 0.3 is 0 Å². The molecule has 0 aliphatic heterocycles. The standard InChI is InChI=1S/C19H15N7O/c1-25-11-13(10-21-25)17-7-15(14-5-3-4-6-16(14)23-17)19(27)24-18-12(8-20)9-22-26(18)2/h3-7,9-11H,1-2H3,(H,24,27). The summed E-state index contributed by atoms with van der Waals surface area (Å²) in [6.45, 7) is 0. The van der Waals surface area contributed by atoms with E-state index >= 15 is 0 Å². The first kappa shape index (κ1) is 16.5. The van der Waals surface area contributed by atoms with E-state index in [4.69, 9.17) is 0 Å². The minimum atomic E-state index is -0.334. The Balaban J connectivity index is 1.83. The van der Waals surface area contributed by atoms with E-state index in [-0.39, 0.29) is 5.91 Å². The average Bonchev–Trinajstić information content (AvgIpc) is 3.26. The quantitative estimate of drug-likeness (QED) is 0.607. The Hall–Kier alpha value is -3.99. The molecule has 1 N–H and O–H groups in total. The number of aryl methyl sites for hydroxylation is 2. The molecule has 0 fully saturated rings. The normalized spacial score (nSPS) is 10.7. The Labute approximate surface area is 154 Å². The fourth-order valence-electron chi connectivity index (χ4n) is 2.91. The highest BCUT2D eigenvalue weighted by molar-refractivity contribution is 6.13. The molecule has 1 aromatic carbocycles. The van der Waals surface area contributed by atoms with E-state index in [0.717, 1.165) is 10.9 Å². The van der Waals surface area contributed by atoms with Crippen molar-refractivity contribution in [1.29, 1.82) is 5.26 Å². The Kier molecular flexibility index (Phi) is 3.90. The number of anilines is 1. The molecule has 132 valence electrons. The summed E-state index contributed by atoms with van der Waals surface area (Å²) in [5, 5.41) is 20.9. The van der Waals surface area contributed by atoms with E-state index in [1.807, 2.05) is 43.6 Å². The lowest BCUT2D eigenvalue weighted by molar-refractivity contribution is 0.102. The largest absolute Gasteiger partial charge is 0.306 e. The summed E-state index contributed by atoms with van der Waals surface area (Å²) in [6, 6.07) is 11.2. The fourth-order valence-corrected chi connectivity index (χ4v) is 2.91. The molecule has 3 aromatic heterocycles. The highest BCUT2D eigenvalue weighted by atomic mass is 16.1. The smallest absolute Gasteiger partial charge is 0.257 e. The lowest BCUT2D eigenvalue weighted by Gasteiger charge is -2.10.